The summed E-state index contributed by atoms with van der Waals surface area (Å²) in [7, 11) is 0. The quantitative estimate of drug-likeness (QED) is 0.377. The number of nitrogens with two attached hydrogens (primary N) is 1. The van der Waals surface area contributed by atoms with Crippen LogP contribution in [0.25, 0.3) is 0 Å². The van der Waals surface area contributed by atoms with Gasteiger partial charge in [0.2, 0.25) is 11.8 Å². The first-order valence-corrected chi connectivity index (χ1v) is 7.61. The van der Waals surface area contributed by atoms with Crippen molar-refractivity contribution in [2.75, 3.05) is 13.2 Å². The lowest BCUT2D eigenvalue weighted by atomic mass is 10.1. The van der Waals surface area contributed by atoms with Crippen molar-refractivity contribution in [1.29, 1.82) is 0 Å². The molecule has 24 heavy (non-hydrogen) atoms. The molecule has 6 N–H and O–H groups in total. The van der Waals surface area contributed by atoms with Gasteiger partial charge < -0.3 is 31.1 Å². The third-order valence-electron chi connectivity index (χ3n) is 3.95. The van der Waals surface area contributed by atoms with Gasteiger partial charge in [-0.25, -0.2) is 9.78 Å². The van der Waals surface area contributed by atoms with Crippen LogP contribution in [0.4, 0.5) is 0 Å². The molecule has 0 aliphatic carbocycles. The Balaban J connectivity index is 2.16. The summed E-state index contributed by atoms with van der Waals surface area (Å²) in [5.74, 6) is -2.24. The average molecular weight is 339 g/mol. The van der Waals surface area contributed by atoms with Crippen molar-refractivity contribution in [3.63, 3.8) is 0 Å². The number of aliphatic hydroxyl groups excluding tert-OH is 1. The van der Waals surface area contributed by atoms with Crippen LogP contribution in [0.2, 0.25) is 0 Å². The maximum atomic E-state index is 12.7. The second-order valence-electron chi connectivity index (χ2n) is 5.66. The van der Waals surface area contributed by atoms with Crippen LogP contribution < -0.4 is 11.1 Å². The standard InChI is InChI=1S/C14H21N5O5/c15-9(6-20)12(21)18-10(4-8-5-16-7-17-8)13(22)19-3-1-2-11(19)14(23)24/h5,7,9-11,20H,1-4,6,15H2,(H,16,17)(H,18,21)(H,23,24). The minimum absolute atomic E-state index is 0.117. The van der Waals surface area contributed by atoms with Crippen LogP contribution >= 0.6 is 0 Å². The predicted octanol–water partition coefficient (Wildman–Crippen LogP) is -2.17. The maximum absolute atomic E-state index is 12.7. The third-order valence-corrected chi connectivity index (χ3v) is 3.95. The molecule has 3 unspecified atom stereocenters. The van der Waals surface area contributed by atoms with E-state index in [1.165, 1.54) is 17.4 Å². The zero-order valence-electron chi connectivity index (χ0n) is 13.0. The summed E-state index contributed by atoms with van der Waals surface area (Å²) in [4.78, 5) is 43.9. The van der Waals surface area contributed by atoms with Crippen LogP contribution in [-0.2, 0) is 20.8 Å². The topological polar surface area (TPSA) is 162 Å². The Morgan fingerprint density at radius 1 is 1.50 bits per heavy atom. The lowest BCUT2D eigenvalue weighted by Crippen LogP contribution is -2.55. The normalized spacial score (nSPS) is 19.8. The van der Waals surface area contributed by atoms with E-state index in [1.54, 1.807) is 0 Å². The minimum Gasteiger partial charge on any atom is -0.480 e. The minimum atomic E-state index is -1.16. The summed E-state index contributed by atoms with van der Waals surface area (Å²) in [6.45, 7) is -0.241. The predicted molar refractivity (Wildman–Crippen MR) is 81.7 cm³/mol. The van der Waals surface area contributed by atoms with Crippen LogP contribution in [0.1, 0.15) is 18.5 Å². The van der Waals surface area contributed by atoms with Crippen molar-refractivity contribution in [2.24, 2.45) is 5.73 Å². The molecular weight excluding hydrogens is 318 g/mol. The molecule has 2 rings (SSSR count). The molecule has 1 saturated heterocycles. The summed E-state index contributed by atoms with van der Waals surface area (Å²) in [5, 5.41) is 20.7. The number of carboxylic acids is 1. The van der Waals surface area contributed by atoms with Crippen LogP contribution in [0, 0.1) is 0 Å². The number of likely N-dealkylation sites (tertiary alicyclic amines) is 1. The highest BCUT2D eigenvalue weighted by Gasteiger charge is 2.38. The third kappa shape index (κ3) is 4.09. The molecule has 1 aliphatic heterocycles. The molecule has 0 aromatic carbocycles. The van der Waals surface area contributed by atoms with Gasteiger partial charge in [-0.05, 0) is 12.8 Å². The van der Waals surface area contributed by atoms with Gasteiger partial charge in [-0.2, -0.15) is 0 Å². The van der Waals surface area contributed by atoms with Gasteiger partial charge in [0.1, 0.15) is 18.1 Å². The van der Waals surface area contributed by atoms with Crippen LogP contribution in [-0.4, -0.2) is 74.1 Å². The van der Waals surface area contributed by atoms with Gasteiger partial charge in [-0.3, -0.25) is 9.59 Å². The lowest BCUT2D eigenvalue weighted by molar-refractivity contribution is -0.149. The molecule has 3 atom stereocenters. The van der Waals surface area contributed by atoms with E-state index in [9.17, 15) is 19.5 Å². The summed E-state index contributed by atoms with van der Waals surface area (Å²) >= 11 is 0. The SMILES string of the molecule is NC(CO)C(=O)NC(Cc1cnc[nH]1)C(=O)N1CCCC1C(=O)O. The largest absolute Gasteiger partial charge is 0.480 e. The van der Waals surface area contributed by atoms with Crippen molar-refractivity contribution in [3.8, 4) is 0 Å². The van der Waals surface area contributed by atoms with E-state index < -0.39 is 42.5 Å². The first-order valence-electron chi connectivity index (χ1n) is 7.61. The van der Waals surface area contributed by atoms with Gasteiger partial charge in [-0.15, -0.1) is 0 Å². The highest BCUT2D eigenvalue weighted by atomic mass is 16.4. The monoisotopic (exact) mass is 339 g/mol. The zero-order valence-corrected chi connectivity index (χ0v) is 13.0. The van der Waals surface area contributed by atoms with Crippen LogP contribution in [0.15, 0.2) is 12.5 Å². The molecule has 2 heterocycles. The Kier molecular flexibility index (Phi) is 5.88. The van der Waals surface area contributed by atoms with Crippen LogP contribution in [0.3, 0.4) is 0 Å². The number of carboxylic acid groups (broad SMARTS) is 1. The zero-order chi connectivity index (χ0) is 17.7. The van der Waals surface area contributed by atoms with Crippen molar-refractivity contribution in [1.82, 2.24) is 20.2 Å². The Bertz CT molecular complexity index is 590. The first-order chi connectivity index (χ1) is 11.4. The Morgan fingerprint density at radius 2 is 2.25 bits per heavy atom. The van der Waals surface area contributed by atoms with Crippen molar-refractivity contribution >= 4 is 17.8 Å². The molecule has 2 amide bonds. The number of rotatable bonds is 7. The van der Waals surface area contributed by atoms with E-state index in [4.69, 9.17) is 10.8 Å². The number of amides is 2. The van der Waals surface area contributed by atoms with Crippen molar-refractivity contribution < 1.29 is 24.6 Å². The highest BCUT2D eigenvalue weighted by molar-refractivity contribution is 5.92. The molecule has 1 aromatic heterocycles. The average Bonchev–Trinajstić information content (AvgIpc) is 3.23. The molecule has 0 radical (unpaired) electrons. The number of hydrogen-bond donors (Lipinski definition) is 5. The summed E-state index contributed by atoms with van der Waals surface area (Å²) in [6.07, 6.45) is 4.03. The Hall–Kier alpha value is -2.46. The molecule has 0 saturated carbocycles. The van der Waals surface area contributed by atoms with Gasteiger partial charge in [0.05, 0.1) is 12.9 Å². The molecular formula is C14H21N5O5. The number of carbonyl (C=O) groups excluding carboxylic acids is 2. The van der Waals surface area contributed by atoms with E-state index in [-0.39, 0.29) is 6.42 Å². The number of aliphatic hydroxyl groups is 1. The number of carbonyl (C=O) groups is 3. The smallest absolute Gasteiger partial charge is 0.326 e. The number of imidazole rings is 1. The van der Waals surface area contributed by atoms with Crippen molar-refractivity contribution in [2.45, 2.75) is 37.4 Å². The molecule has 10 nitrogen and oxygen atoms in total. The van der Waals surface area contributed by atoms with Gasteiger partial charge in [0, 0.05) is 24.9 Å². The second-order valence-corrected chi connectivity index (χ2v) is 5.66. The number of aromatic amines is 1. The fraction of sp³-hybridized carbons (Fsp3) is 0.571. The van der Waals surface area contributed by atoms with E-state index in [2.05, 4.69) is 15.3 Å². The number of nitrogens with zero attached hydrogens (tertiary/aromatic N) is 2. The molecule has 0 spiro atoms. The summed E-state index contributed by atoms with van der Waals surface area (Å²) in [6, 6.07) is -3.04. The number of nitrogens with one attached hydrogen (secondary N) is 2. The van der Waals surface area contributed by atoms with E-state index >= 15 is 0 Å². The maximum Gasteiger partial charge on any atom is 0.326 e. The van der Waals surface area contributed by atoms with E-state index in [0.29, 0.717) is 25.1 Å². The van der Waals surface area contributed by atoms with Crippen molar-refractivity contribution in [3.05, 3.63) is 18.2 Å². The molecule has 132 valence electrons. The van der Waals surface area contributed by atoms with E-state index in [1.807, 2.05) is 0 Å². The lowest BCUT2D eigenvalue weighted by Gasteiger charge is -2.27. The van der Waals surface area contributed by atoms with Crippen LogP contribution in [0.5, 0.6) is 0 Å². The van der Waals surface area contributed by atoms with Gasteiger partial charge in [-0.1, -0.05) is 0 Å². The van der Waals surface area contributed by atoms with Gasteiger partial charge >= 0.3 is 5.97 Å². The molecule has 0 bridgehead atoms. The highest BCUT2D eigenvalue weighted by Crippen LogP contribution is 2.19. The molecule has 1 aliphatic rings. The van der Waals surface area contributed by atoms with E-state index in [0.717, 1.165) is 0 Å². The number of H-pyrrole nitrogens is 1. The summed E-state index contributed by atoms with van der Waals surface area (Å²) in [5.41, 5.74) is 6.07. The second kappa shape index (κ2) is 7.88. The number of aromatic nitrogens is 2. The molecule has 1 aromatic rings. The Morgan fingerprint density at radius 3 is 2.83 bits per heavy atom. The molecule has 10 heteroatoms. The summed E-state index contributed by atoms with van der Waals surface area (Å²) < 4.78 is 0. The fourth-order valence-electron chi connectivity index (χ4n) is 2.67. The fourth-order valence-corrected chi connectivity index (χ4v) is 2.67. The number of hydrogen-bond acceptors (Lipinski definition) is 6. The van der Waals surface area contributed by atoms with Gasteiger partial charge in [0.15, 0.2) is 0 Å². The number of aliphatic carboxylic acids is 1. The van der Waals surface area contributed by atoms with Gasteiger partial charge in [0.25, 0.3) is 0 Å². The molecule has 1 fully saturated rings. The first kappa shape index (κ1) is 17.9. The Labute approximate surface area is 138 Å².